The van der Waals surface area contributed by atoms with Gasteiger partial charge in [0.1, 0.15) is 17.6 Å². The zero-order valence-electron chi connectivity index (χ0n) is 14.5. The summed E-state index contributed by atoms with van der Waals surface area (Å²) in [7, 11) is 3.53. The van der Waals surface area contributed by atoms with Crippen molar-refractivity contribution in [1.82, 2.24) is 10.2 Å². The number of hydrogen-bond donors (Lipinski definition) is 1. The average Bonchev–Trinajstić information content (AvgIpc) is 3.41. The third-order valence-corrected chi connectivity index (χ3v) is 4.41. The number of likely N-dealkylation sites (N-methyl/N-ethyl adjacent to an activating group) is 1. The maximum atomic E-state index is 13.3. The molecule has 1 aliphatic rings. The highest BCUT2D eigenvalue weighted by Gasteiger charge is 2.31. The van der Waals surface area contributed by atoms with Crippen LogP contribution in [0.1, 0.15) is 30.0 Å². The van der Waals surface area contributed by atoms with E-state index in [2.05, 4.69) is 5.32 Å². The summed E-state index contributed by atoms with van der Waals surface area (Å²) >= 11 is 0. The first kappa shape index (κ1) is 17.4. The molecule has 25 heavy (non-hydrogen) atoms. The van der Waals surface area contributed by atoms with E-state index >= 15 is 0 Å². The highest BCUT2D eigenvalue weighted by molar-refractivity contribution is 5.83. The molecule has 0 spiro atoms. The molecule has 0 bridgehead atoms. The lowest BCUT2D eigenvalue weighted by Gasteiger charge is -2.28. The Balaban J connectivity index is 1.84. The lowest BCUT2D eigenvalue weighted by atomic mass is 10.0. The van der Waals surface area contributed by atoms with Gasteiger partial charge in [0, 0.05) is 18.2 Å². The van der Waals surface area contributed by atoms with Crippen molar-refractivity contribution in [3.63, 3.8) is 0 Å². The second-order valence-corrected chi connectivity index (χ2v) is 6.46. The minimum absolute atomic E-state index is 0.0495. The maximum absolute atomic E-state index is 13.3. The molecule has 5 heteroatoms. The number of amides is 1. The van der Waals surface area contributed by atoms with E-state index in [1.807, 2.05) is 36.2 Å². The Morgan fingerprint density at radius 2 is 1.92 bits per heavy atom. The van der Waals surface area contributed by atoms with Gasteiger partial charge in [0.05, 0.1) is 7.11 Å². The molecule has 0 radical (unpaired) electrons. The van der Waals surface area contributed by atoms with Crippen LogP contribution < -0.4 is 10.1 Å². The van der Waals surface area contributed by atoms with Gasteiger partial charge < -0.3 is 10.1 Å². The number of nitrogens with one attached hydrogen (secondary N) is 1. The van der Waals surface area contributed by atoms with Gasteiger partial charge in [-0.15, -0.1) is 0 Å². The van der Waals surface area contributed by atoms with Crippen molar-refractivity contribution in [2.45, 2.75) is 31.5 Å². The molecule has 0 saturated heterocycles. The number of methoxy groups -OCH3 is 1. The molecule has 3 rings (SSSR count). The lowest BCUT2D eigenvalue weighted by Crippen LogP contribution is -2.39. The number of ether oxygens (including phenoxy) is 1. The summed E-state index contributed by atoms with van der Waals surface area (Å²) in [5, 5.41) is 3.06. The average molecular weight is 342 g/mol. The van der Waals surface area contributed by atoms with E-state index in [9.17, 15) is 9.18 Å². The molecule has 1 fully saturated rings. The Bertz CT molecular complexity index is 729. The summed E-state index contributed by atoms with van der Waals surface area (Å²) in [5.41, 5.74) is 1.77. The molecule has 2 aromatic rings. The van der Waals surface area contributed by atoms with E-state index in [4.69, 9.17) is 4.74 Å². The smallest absolute Gasteiger partial charge is 0.242 e. The quantitative estimate of drug-likeness (QED) is 0.839. The first-order valence-corrected chi connectivity index (χ1v) is 8.46. The van der Waals surface area contributed by atoms with Crippen LogP contribution in [-0.4, -0.2) is 31.0 Å². The molecule has 1 aliphatic carbocycles. The molecule has 0 aromatic heterocycles. The van der Waals surface area contributed by atoms with Crippen LogP contribution in [-0.2, 0) is 11.3 Å². The summed E-state index contributed by atoms with van der Waals surface area (Å²) in [6.45, 7) is 0.546. The van der Waals surface area contributed by atoms with Gasteiger partial charge in [-0.1, -0.05) is 30.3 Å². The number of rotatable bonds is 7. The minimum atomic E-state index is -0.480. The zero-order valence-corrected chi connectivity index (χ0v) is 14.5. The molecule has 4 nitrogen and oxygen atoms in total. The fourth-order valence-corrected chi connectivity index (χ4v) is 2.95. The SMILES string of the molecule is COc1ccccc1CN(C)[C@H](C(=O)NC1CC1)c1ccc(F)cc1. The predicted octanol–water partition coefficient (Wildman–Crippen LogP) is 3.29. The summed E-state index contributed by atoms with van der Waals surface area (Å²) < 4.78 is 18.7. The van der Waals surface area contributed by atoms with Gasteiger partial charge in [0.15, 0.2) is 0 Å². The zero-order chi connectivity index (χ0) is 17.8. The number of hydrogen-bond acceptors (Lipinski definition) is 3. The molecular formula is C20H23FN2O2. The van der Waals surface area contributed by atoms with E-state index in [-0.39, 0.29) is 17.8 Å². The number of carbonyl (C=O) groups excluding carboxylic acids is 1. The second kappa shape index (κ2) is 7.66. The number of para-hydroxylation sites is 1. The molecule has 1 amide bonds. The first-order chi connectivity index (χ1) is 12.1. The monoisotopic (exact) mass is 342 g/mol. The van der Waals surface area contributed by atoms with Crippen molar-refractivity contribution in [2.75, 3.05) is 14.2 Å². The highest BCUT2D eigenvalue weighted by Crippen LogP contribution is 2.27. The minimum Gasteiger partial charge on any atom is -0.496 e. The van der Waals surface area contributed by atoms with Crippen LogP contribution in [0.4, 0.5) is 4.39 Å². The van der Waals surface area contributed by atoms with E-state index in [0.29, 0.717) is 6.54 Å². The van der Waals surface area contributed by atoms with Gasteiger partial charge >= 0.3 is 0 Å². The molecule has 1 saturated carbocycles. The van der Waals surface area contributed by atoms with Gasteiger partial charge in [-0.05, 0) is 43.7 Å². The number of benzene rings is 2. The molecule has 1 N–H and O–H groups in total. The topological polar surface area (TPSA) is 41.6 Å². The Labute approximate surface area is 147 Å². The summed E-state index contributed by atoms with van der Waals surface area (Å²) in [4.78, 5) is 14.7. The standard InChI is InChI=1S/C20H23FN2O2/c1-23(13-15-5-3-4-6-18(15)25-2)19(20(24)22-17-11-12-17)14-7-9-16(21)10-8-14/h3-10,17,19H,11-13H2,1-2H3,(H,22,24)/t19-/m0/s1. The fraction of sp³-hybridized carbons (Fsp3) is 0.350. The Hall–Kier alpha value is -2.40. The largest absolute Gasteiger partial charge is 0.496 e. The fourth-order valence-electron chi connectivity index (χ4n) is 2.95. The first-order valence-electron chi connectivity index (χ1n) is 8.46. The van der Waals surface area contributed by atoms with Crippen molar-refractivity contribution in [1.29, 1.82) is 0 Å². The van der Waals surface area contributed by atoms with E-state index < -0.39 is 6.04 Å². The van der Waals surface area contributed by atoms with Crippen molar-refractivity contribution in [3.8, 4) is 5.75 Å². The Kier molecular flexibility index (Phi) is 5.34. The van der Waals surface area contributed by atoms with Gasteiger partial charge in [-0.25, -0.2) is 4.39 Å². The van der Waals surface area contributed by atoms with Gasteiger partial charge in [-0.3, -0.25) is 9.69 Å². The molecular weight excluding hydrogens is 319 g/mol. The van der Waals surface area contributed by atoms with Crippen molar-refractivity contribution in [2.24, 2.45) is 0 Å². The lowest BCUT2D eigenvalue weighted by molar-refractivity contribution is -0.126. The van der Waals surface area contributed by atoms with Crippen molar-refractivity contribution < 1.29 is 13.9 Å². The molecule has 0 unspecified atom stereocenters. The van der Waals surface area contributed by atoms with Gasteiger partial charge in [0.25, 0.3) is 0 Å². The summed E-state index contributed by atoms with van der Waals surface area (Å²) in [6, 6.07) is 13.7. The van der Waals surface area contributed by atoms with Crippen LogP contribution in [0.5, 0.6) is 5.75 Å². The third kappa shape index (κ3) is 4.37. The van der Waals surface area contributed by atoms with Crippen molar-refractivity contribution in [3.05, 3.63) is 65.5 Å². The summed E-state index contributed by atoms with van der Waals surface area (Å²) in [6.07, 6.45) is 2.05. The molecule has 0 aliphatic heterocycles. The molecule has 1 atom stereocenters. The van der Waals surface area contributed by atoms with Crippen LogP contribution in [0.25, 0.3) is 0 Å². The highest BCUT2D eigenvalue weighted by atomic mass is 19.1. The van der Waals surface area contributed by atoms with Crippen LogP contribution >= 0.6 is 0 Å². The second-order valence-electron chi connectivity index (χ2n) is 6.46. The van der Waals surface area contributed by atoms with Crippen molar-refractivity contribution >= 4 is 5.91 Å². The van der Waals surface area contributed by atoms with E-state index in [0.717, 1.165) is 29.7 Å². The number of nitrogens with zero attached hydrogens (tertiary/aromatic N) is 1. The predicted molar refractivity (Wildman–Crippen MR) is 94.8 cm³/mol. The van der Waals surface area contributed by atoms with E-state index in [1.54, 1.807) is 19.2 Å². The summed E-state index contributed by atoms with van der Waals surface area (Å²) in [5.74, 6) is 0.429. The molecule has 0 heterocycles. The maximum Gasteiger partial charge on any atom is 0.242 e. The molecule has 2 aromatic carbocycles. The van der Waals surface area contributed by atoms with Gasteiger partial charge in [-0.2, -0.15) is 0 Å². The normalized spacial score (nSPS) is 15.0. The Morgan fingerprint density at radius 3 is 2.56 bits per heavy atom. The number of halogens is 1. The van der Waals surface area contributed by atoms with Crippen LogP contribution in [0.15, 0.2) is 48.5 Å². The van der Waals surface area contributed by atoms with E-state index in [1.165, 1.54) is 12.1 Å². The Morgan fingerprint density at radius 1 is 1.24 bits per heavy atom. The van der Waals surface area contributed by atoms with Crippen LogP contribution in [0, 0.1) is 5.82 Å². The van der Waals surface area contributed by atoms with Crippen LogP contribution in [0.2, 0.25) is 0 Å². The third-order valence-electron chi connectivity index (χ3n) is 4.41. The molecule has 132 valence electrons. The van der Waals surface area contributed by atoms with Gasteiger partial charge in [0.2, 0.25) is 5.91 Å². The van der Waals surface area contributed by atoms with Crippen LogP contribution in [0.3, 0.4) is 0 Å². The number of carbonyl (C=O) groups is 1.